The van der Waals surface area contributed by atoms with Crippen molar-refractivity contribution in [2.24, 2.45) is 23.7 Å². The van der Waals surface area contributed by atoms with E-state index < -0.39 is 0 Å². The van der Waals surface area contributed by atoms with Crippen molar-refractivity contribution in [2.75, 3.05) is 0 Å². The zero-order valence-corrected chi connectivity index (χ0v) is 10.9. The lowest BCUT2D eigenvalue weighted by atomic mass is 9.68. The minimum atomic E-state index is -0.185. The van der Waals surface area contributed by atoms with Gasteiger partial charge < -0.3 is 9.59 Å². The lowest BCUT2D eigenvalue weighted by Gasteiger charge is -2.34. The van der Waals surface area contributed by atoms with Gasteiger partial charge in [0.2, 0.25) is 0 Å². The zero-order chi connectivity index (χ0) is 13.0. The average Bonchev–Trinajstić information content (AvgIpc) is 2.27. The molecule has 17 heavy (non-hydrogen) atoms. The van der Waals surface area contributed by atoms with Crippen molar-refractivity contribution in [1.29, 1.82) is 0 Å². The van der Waals surface area contributed by atoms with E-state index in [1.807, 2.05) is 6.92 Å². The van der Waals surface area contributed by atoms with Gasteiger partial charge in [-0.3, -0.25) is 4.79 Å². The van der Waals surface area contributed by atoms with Crippen molar-refractivity contribution in [3.63, 3.8) is 0 Å². The summed E-state index contributed by atoms with van der Waals surface area (Å²) in [6.45, 7) is 5.45. The largest absolute Gasteiger partial charge is 0.303 e. The molecule has 0 bridgehead atoms. The lowest BCUT2D eigenvalue weighted by molar-refractivity contribution is -0.135. The molecule has 0 aromatic rings. The molecule has 1 aliphatic rings. The van der Waals surface area contributed by atoms with Crippen LogP contribution in [0.3, 0.4) is 0 Å². The van der Waals surface area contributed by atoms with Crippen LogP contribution >= 0.6 is 0 Å². The van der Waals surface area contributed by atoms with Crippen molar-refractivity contribution < 1.29 is 14.4 Å². The summed E-state index contributed by atoms with van der Waals surface area (Å²) in [5, 5.41) is 0. The molecule has 1 rings (SSSR count). The summed E-state index contributed by atoms with van der Waals surface area (Å²) >= 11 is 0. The van der Waals surface area contributed by atoms with Gasteiger partial charge in [-0.1, -0.05) is 13.8 Å². The number of carbonyl (C=O) groups is 3. The number of ketones is 2. The van der Waals surface area contributed by atoms with Gasteiger partial charge in [-0.2, -0.15) is 0 Å². The number of hydrogen-bond acceptors (Lipinski definition) is 3. The van der Waals surface area contributed by atoms with Crippen molar-refractivity contribution in [3.8, 4) is 0 Å². The molecule has 0 spiro atoms. The van der Waals surface area contributed by atoms with Crippen LogP contribution in [0.15, 0.2) is 0 Å². The molecule has 0 aromatic carbocycles. The Bertz CT molecular complexity index is 309. The second-order valence-electron chi connectivity index (χ2n) is 5.41. The van der Waals surface area contributed by atoms with Crippen LogP contribution in [-0.4, -0.2) is 17.9 Å². The molecule has 0 aliphatic heterocycles. The van der Waals surface area contributed by atoms with Crippen molar-refractivity contribution >= 4 is 17.9 Å². The molecule has 0 N–H and O–H groups in total. The first-order valence-corrected chi connectivity index (χ1v) is 6.45. The molecular formula is C14H22O3. The quantitative estimate of drug-likeness (QED) is 0.691. The summed E-state index contributed by atoms with van der Waals surface area (Å²) in [6.07, 6.45) is 3.80. The minimum Gasteiger partial charge on any atom is -0.303 e. The summed E-state index contributed by atoms with van der Waals surface area (Å²) in [7, 11) is 0. The van der Waals surface area contributed by atoms with Gasteiger partial charge in [0.05, 0.1) is 0 Å². The van der Waals surface area contributed by atoms with E-state index in [2.05, 4.69) is 6.92 Å². The van der Waals surface area contributed by atoms with Crippen LogP contribution in [0.2, 0.25) is 0 Å². The van der Waals surface area contributed by atoms with E-state index in [0.29, 0.717) is 18.8 Å². The van der Waals surface area contributed by atoms with E-state index >= 15 is 0 Å². The SMILES string of the molecule is CC(=O)CCC1C(=O)C(C(C)C=O)CCC1C. The molecule has 0 saturated heterocycles. The second kappa shape index (κ2) is 6.08. The van der Waals surface area contributed by atoms with Crippen molar-refractivity contribution in [2.45, 2.75) is 46.5 Å². The van der Waals surface area contributed by atoms with Gasteiger partial charge in [-0.15, -0.1) is 0 Å². The molecule has 4 unspecified atom stereocenters. The third-order valence-corrected chi connectivity index (χ3v) is 4.01. The van der Waals surface area contributed by atoms with Crippen LogP contribution in [0.5, 0.6) is 0 Å². The second-order valence-corrected chi connectivity index (χ2v) is 5.41. The molecule has 0 heterocycles. The van der Waals surface area contributed by atoms with Crippen LogP contribution in [-0.2, 0) is 14.4 Å². The monoisotopic (exact) mass is 238 g/mol. The Labute approximate surface area is 103 Å². The first-order valence-electron chi connectivity index (χ1n) is 6.45. The number of Topliss-reactive ketones (excluding diaryl/α,β-unsaturated/α-hetero) is 2. The predicted molar refractivity (Wildman–Crippen MR) is 65.5 cm³/mol. The number of rotatable bonds is 5. The Morgan fingerprint density at radius 1 is 1.47 bits per heavy atom. The zero-order valence-electron chi connectivity index (χ0n) is 10.9. The average molecular weight is 238 g/mol. The summed E-state index contributed by atoms with van der Waals surface area (Å²) in [4.78, 5) is 34.1. The van der Waals surface area contributed by atoms with Crippen LogP contribution in [0.25, 0.3) is 0 Å². The number of aldehydes is 1. The van der Waals surface area contributed by atoms with Crippen LogP contribution < -0.4 is 0 Å². The fraction of sp³-hybridized carbons (Fsp3) is 0.786. The third-order valence-electron chi connectivity index (χ3n) is 4.01. The summed E-state index contributed by atoms with van der Waals surface area (Å²) in [5.41, 5.74) is 0. The molecule has 96 valence electrons. The van der Waals surface area contributed by atoms with Crippen LogP contribution in [0.4, 0.5) is 0 Å². The van der Waals surface area contributed by atoms with E-state index in [9.17, 15) is 14.4 Å². The summed E-state index contributed by atoms with van der Waals surface area (Å²) < 4.78 is 0. The first kappa shape index (κ1) is 14.1. The first-order chi connectivity index (χ1) is 7.97. The maximum absolute atomic E-state index is 12.3. The predicted octanol–water partition coefficient (Wildman–Crippen LogP) is 2.42. The van der Waals surface area contributed by atoms with Gasteiger partial charge in [0.1, 0.15) is 17.9 Å². The Kier molecular flexibility index (Phi) is 5.03. The van der Waals surface area contributed by atoms with Gasteiger partial charge in [-0.25, -0.2) is 0 Å². The Morgan fingerprint density at radius 2 is 2.12 bits per heavy atom. The maximum Gasteiger partial charge on any atom is 0.140 e. The molecule has 3 heteroatoms. The van der Waals surface area contributed by atoms with Gasteiger partial charge in [0, 0.05) is 24.2 Å². The van der Waals surface area contributed by atoms with Crippen molar-refractivity contribution in [1.82, 2.24) is 0 Å². The van der Waals surface area contributed by atoms with Crippen molar-refractivity contribution in [3.05, 3.63) is 0 Å². The van der Waals surface area contributed by atoms with E-state index in [1.54, 1.807) is 6.92 Å². The van der Waals surface area contributed by atoms with Gasteiger partial charge in [0.25, 0.3) is 0 Å². The number of carbonyl (C=O) groups excluding carboxylic acids is 3. The smallest absolute Gasteiger partial charge is 0.140 e. The third kappa shape index (κ3) is 3.48. The Hall–Kier alpha value is -0.990. The molecule has 4 atom stereocenters. The minimum absolute atomic E-state index is 0.0277. The highest BCUT2D eigenvalue weighted by Crippen LogP contribution is 2.36. The molecule has 0 radical (unpaired) electrons. The molecule has 1 aliphatic carbocycles. The summed E-state index contributed by atoms with van der Waals surface area (Å²) in [6, 6.07) is 0. The van der Waals surface area contributed by atoms with Crippen LogP contribution in [0.1, 0.15) is 46.5 Å². The van der Waals surface area contributed by atoms with Gasteiger partial charge in [-0.05, 0) is 32.1 Å². The topological polar surface area (TPSA) is 51.2 Å². The van der Waals surface area contributed by atoms with E-state index in [1.165, 1.54) is 0 Å². The lowest BCUT2D eigenvalue weighted by Crippen LogP contribution is -2.37. The highest BCUT2D eigenvalue weighted by molar-refractivity contribution is 5.87. The standard InChI is InChI=1S/C14H22O3/c1-9-4-6-13(10(2)8-15)14(17)12(9)7-5-11(3)16/h8-10,12-13H,4-7H2,1-3H3. The Morgan fingerprint density at radius 3 is 2.65 bits per heavy atom. The van der Waals surface area contributed by atoms with E-state index in [0.717, 1.165) is 19.1 Å². The molecular weight excluding hydrogens is 216 g/mol. The highest BCUT2D eigenvalue weighted by atomic mass is 16.1. The molecule has 1 saturated carbocycles. The molecule has 1 fully saturated rings. The fourth-order valence-corrected chi connectivity index (χ4v) is 2.74. The van der Waals surface area contributed by atoms with E-state index in [4.69, 9.17) is 0 Å². The van der Waals surface area contributed by atoms with Gasteiger partial charge in [0.15, 0.2) is 0 Å². The normalized spacial score (nSPS) is 31.0. The fourth-order valence-electron chi connectivity index (χ4n) is 2.74. The summed E-state index contributed by atoms with van der Waals surface area (Å²) in [5.74, 6) is 0.340. The van der Waals surface area contributed by atoms with Crippen LogP contribution in [0, 0.1) is 23.7 Å². The molecule has 0 aromatic heterocycles. The highest BCUT2D eigenvalue weighted by Gasteiger charge is 2.37. The Balaban J connectivity index is 2.69. The molecule has 3 nitrogen and oxygen atoms in total. The maximum atomic E-state index is 12.3. The van der Waals surface area contributed by atoms with Gasteiger partial charge >= 0.3 is 0 Å². The number of hydrogen-bond donors (Lipinski definition) is 0. The van der Waals surface area contributed by atoms with E-state index in [-0.39, 0.29) is 29.3 Å². The molecule has 0 amide bonds.